The summed E-state index contributed by atoms with van der Waals surface area (Å²) in [6.07, 6.45) is 1.56. The second kappa shape index (κ2) is 5.15. The van der Waals surface area contributed by atoms with Crippen molar-refractivity contribution in [3.8, 4) is 0 Å². The molecule has 100 valence electrons. The number of hydrogen-bond acceptors (Lipinski definition) is 2. The van der Waals surface area contributed by atoms with Gasteiger partial charge < -0.3 is 0 Å². The minimum Gasteiger partial charge on any atom is -0.267 e. The van der Waals surface area contributed by atoms with E-state index in [1.165, 1.54) is 6.07 Å². The van der Waals surface area contributed by atoms with Gasteiger partial charge in [-0.25, -0.2) is 9.66 Å². The number of fused-ring (bicyclic) bond motifs is 1. The van der Waals surface area contributed by atoms with E-state index in [9.17, 15) is 4.79 Å². The average molecular weight is 306 g/mol. The third kappa shape index (κ3) is 2.35. The number of rotatable bonds is 2. The molecule has 1 heterocycles. The van der Waals surface area contributed by atoms with Gasteiger partial charge in [0.1, 0.15) is 6.33 Å². The van der Waals surface area contributed by atoms with Crippen LogP contribution in [-0.2, 0) is 0 Å². The Morgan fingerprint density at radius 3 is 2.70 bits per heavy atom. The van der Waals surface area contributed by atoms with Crippen LogP contribution in [0.1, 0.15) is 10.4 Å². The molecule has 0 spiro atoms. The summed E-state index contributed by atoms with van der Waals surface area (Å²) in [6, 6.07) is 12.2. The lowest BCUT2D eigenvalue weighted by molar-refractivity contribution is 0.101. The highest BCUT2D eigenvalue weighted by Gasteiger charge is 2.10. The zero-order chi connectivity index (χ0) is 14.1. The molecule has 0 aliphatic carbocycles. The van der Waals surface area contributed by atoms with Crippen LogP contribution < -0.4 is 5.43 Å². The van der Waals surface area contributed by atoms with Crippen molar-refractivity contribution < 1.29 is 4.79 Å². The first-order valence-electron chi connectivity index (χ1n) is 5.83. The maximum absolute atomic E-state index is 12.2. The molecule has 0 atom stereocenters. The molecule has 3 rings (SSSR count). The topological polar surface area (TPSA) is 46.9 Å². The summed E-state index contributed by atoms with van der Waals surface area (Å²) < 4.78 is 1.57. The van der Waals surface area contributed by atoms with E-state index >= 15 is 0 Å². The predicted octanol–water partition coefficient (Wildman–Crippen LogP) is 3.73. The van der Waals surface area contributed by atoms with Gasteiger partial charge in [0.05, 0.1) is 21.1 Å². The fourth-order valence-electron chi connectivity index (χ4n) is 1.86. The van der Waals surface area contributed by atoms with Crippen LogP contribution in [0.15, 0.2) is 48.8 Å². The number of benzene rings is 2. The van der Waals surface area contributed by atoms with Gasteiger partial charge in [0, 0.05) is 5.56 Å². The Morgan fingerprint density at radius 2 is 1.90 bits per heavy atom. The van der Waals surface area contributed by atoms with E-state index in [1.807, 2.05) is 24.3 Å². The van der Waals surface area contributed by atoms with Gasteiger partial charge in [0.15, 0.2) is 0 Å². The first-order valence-corrected chi connectivity index (χ1v) is 6.59. The minimum absolute atomic E-state index is 0.285. The van der Waals surface area contributed by atoms with Gasteiger partial charge >= 0.3 is 0 Å². The summed E-state index contributed by atoms with van der Waals surface area (Å²) in [4.78, 5) is 16.4. The Hall–Kier alpha value is -2.04. The van der Waals surface area contributed by atoms with Crippen molar-refractivity contribution in [3.05, 3.63) is 64.4 Å². The second-order valence-corrected chi connectivity index (χ2v) is 4.99. The maximum atomic E-state index is 12.2. The van der Waals surface area contributed by atoms with E-state index in [0.29, 0.717) is 15.6 Å². The number of imidazole rings is 1. The van der Waals surface area contributed by atoms with Crippen LogP contribution >= 0.6 is 23.2 Å². The van der Waals surface area contributed by atoms with Gasteiger partial charge in [-0.05, 0) is 30.3 Å². The highest BCUT2D eigenvalue weighted by atomic mass is 35.5. The molecule has 3 aromatic rings. The van der Waals surface area contributed by atoms with Crippen LogP contribution in [0.3, 0.4) is 0 Å². The van der Waals surface area contributed by atoms with Gasteiger partial charge in [-0.15, -0.1) is 0 Å². The molecule has 0 radical (unpaired) electrons. The second-order valence-electron chi connectivity index (χ2n) is 4.17. The van der Waals surface area contributed by atoms with Crippen molar-refractivity contribution in [1.82, 2.24) is 9.66 Å². The molecule has 1 aromatic heterocycles. The Balaban J connectivity index is 1.90. The summed E-state index contributed by atoms with van der Waals surface area (Å²) in [5, 5.41) is 0.756. The molecule has 2 aromatic carbocycles. The first-order chi connectivity index (χ1) is 9.65. The van der Waals surface area contributed by atoms with E-state index in [0.717, 1.165) is 11.0 Å². The molecule has 6 heteroatoms. The zero-order valence-electron chi connectivity index (χ0n) is 10.2. The molecule has 1 amide bonds. The van der Waals surface area contributed by atoms with E-state index in [-0.39, 0.29) is 5.91 Å². The molecule has 20 heavy (non-hydrogen) atoms. The SMILES string of the molecule is O=C(Nn1cnc2ccccc21)c1ccc(Cl)c(Cl)c1. The number of carbonyl (C=O) groups excluding carboxylic acids is 1. The van der Waals surface area contributed by atoms with Crippen LogP contribution in [0.25, 0.3) is 11.0 Å². The molecule has 0 aliphatic heterocycles. The standard InChI is InChI=1S/C14H9Cl2N3O/c15-10-6-5-9(7-11(10)16)14(20)18-19-8-17-12-3-1-2-4-13(12)19/h1-8H,(H,18,20). The number of carbonyl (C=O) groups is 1. The van der Waals surface area contributed by atoms with Crippen molar-refractivity contribution in [1.29, 1.82) is 0 Å². The Morgan fingerprint density at radius 1 is 1.10 bits per heavy atom. The summed E-state index contributed by atoms with van der Waals surface area (Å²) in [5.41, 5.74) is 4.80. The normalized spacial score (nSPS) is 10.7. The van der Waals surface area contributed by atoms with E-state index in [4.69, 9.17) is 23.2 Å². The van der Waals surface area contributed by atoms with Gasteiger partial charge in [-0.2, -0.15) is 0 Å². The molecule has 0 saturated heterocycles. The first kappa shape index (κ1) is 13.0. The van der Waals surface area contributed by atoms with E-state index in [2.05, 4.69) is 10.4 Å². The molecule has 0 aliphatic rings. The Labute approximate surface area is 124 Å². The molecule has 0 bridgehead atoms. The van der Waals surface area contributed by atoms with Gasteiger partial charge in [0.25, 0.3) is 5.91 Å². The quantitative estimate of drug-likeness (QED) is 0.784. The predicted molar refractivity (Wildman–Crippen MR) is 79.9 cm³/mol. The van der Waals surface area contributed by atoms with Gasteiger partial charge in [0.2, 0.25) is 0 Å². The zero-order valence-corrected chi connectivity index (χ0v) is 11.7. The van der Waals surface area contributed by atoms with E-state index < -0.39 is 0 Å². The average Bonchev–Trinajstić information content (AvgIpc) is 2.85. The van der Waals surface area contributed by atoms with Crippen molar-refractivity contribution in [3.63, 3.8) is 0 Å². The summed E-state index contributed by atoms with van der Waals surface area (Å²) >= 11 is 11.7. The lowest BCUT2D eigenvalue weighted by Crippen LogP contribution is -2.21. The van der Waals surface area contributed by atoms with Crippen molar-refractivity contribution in [2.45, 2.75) is 0 Å². The van der Waals surface area contributed by atoms with Gasteiger partial charge in [-0.1, -0.05) is 35.3 Å². The van der Waals surface area contributed by atoms with Crippen LogP contribution in [0.5, 0.6) is 0 Å². The van der Waals surface area contributed by atoms with Gasteiger partial charge in [-0.3, -0.25) is 10.2 Å². The molecule has 0 unspecified atom stereocenters. The molecule has 0 saturated carbocycles. The highest BCUT2D eigenvalue weighted by molar-refractivity contribution is 6.42. The lowest BCUT2D eigenvalue weighted by atomic mass is 10.2. The fraction of sp³-hybridized carbons (Fsp3) is 0. The molecule has 4 nitrogen and oxygen atoms in total. The minimum atomic E-state index is -0.285. The number of aromatic nitrogens is 2. The number of nitrogens with zero attached hydrogens (tertiary/aromatic N) is 2. The van der Waals surface area contributed by atoms with Crippen molar-refractivity contribution >= 4 is 40.1 Å². The summed E-state index contributed by atoms with van der Waals surface area (Å²) in [7, 11) is 0. The smallest absolute Gasteiger partial charge is 0.267 e. The van der Waals surface area contributed by atoms with Crippen LogP contribution in [0, 0.1) is 0 Å². The van der Waals surface area contributed by atoms with Crippen LogP contribution in [0.2, 0.25) is 10.0 Å². The number of hydrogen-bond donors (Lipinski definition) is 1. The number of nitrogens with one attached hydrogen (secondary N) is 1. The van der Waals surface area contributed by atoms with Crippen LogP contribution in [-0.4, -0.2) is 15.6 Å². The number of halogens is 2. The largest absolute Gasteiger partial charge is 0.270 e. The highest BCUT2D eigenvalue weighted by Crippen LogP contribution is 2.22. The lowest BCUT2D eigenvalue weighted by Gasteiger charge is -2.07. The Kier molecular flexibility index (Phi) is 3.34. The third-order valence-electron chi connectivity index (χ3n) is 2.86. The number of para-hydroxylation sites is 2. The fourth-order valence-corrected chi connectivity index (χ4v) is 2.16. The number of amides is 1. The molecule has 1 N–H and O–H groups in total. The molecule has 0 fully saturated rings. The summed E-state index contributed by atoms with van der Waals surface area (Å²) in [5.74, 6) is -0.285. The van der Waals surface area contributed by atoms with E-state index in [1.54, 1.807) is 23.1 Å². The Bertz CT molecular complexity index is 798. The van der Waals surface area contributed by atoms with Crippen molar-refractivity contribution in [2.24, 2.45) is 0 Å². The monoisotopic (exact) mass is 305 g/mol. The third-order valence-corrected chi connectivity index (χ3v) is 3.60. The summed E-state index contributed by atoms with van der Waals surface area (Å²) in [6.45, 7) is 0. The molecular formula is C14H9Cl2N3O. The maximum Gasteiger partial charge on any atom is 0.270 e. The molecular weight excluding hydrogens is 297 g/mol. The van der Waals surface area contributed by atoms with Crippen molar-refractivity contribution in [2.75, 3.05) is 5.43 Å². The van der Waals surface area contributed by atoms with Crippen LogP contribution in [0.4, 0.5) is 0 Å².